The van der Waals surface area contributed by atoms with E-state index in [1.165, 1.54) is 0 Å². The highest BCUT2D eigenvalue weighted by atomic mass is 16.6. The smallest absolute Gasteiger partial charge is 0.162 e. The molecule has 5 nitrogen and oxygen atoms in total. The van der Waals surface area contributed by atoms with Crippen LogP contribution in [0.2, 0.25) is 0 Å². The minimum Gasteiger partial charge on any atom is -0.486 e. The Morgan fingerprint density at radius 3 is 2.71 bits per heavy atom. The topological polar surface area (TPSA) is 62.3 Å². The number of aryl methyl sites for hydroxylation is 1. The van der Waals surface area contributed by atoms with Crippen LogP contribution in [0.15, 0.2) is 24.4 Å². The first kappa shape index (κ1) is 10.0. The molecule has 5 heteroatoms. The van der Waals surface area contributed by atoms with Gasteiger partial charge in [0, 0.05) is 12.6 Å². The molecule has 0 amide bonds. The van der Waals surface area contributed by atoms with Crippen LogP contribution in [0.25, 0.3) is 11.3 Å². The number of nitrogens with two attached hydrogens (primary N) is 1. The molecule has 0 fully saturated rings. The fraction of sp³-hybridized carbons (Fsp3) is 0.250. The van der Waals surface area contributed by atoms with Gasteiger partial charge in [0.1, 0.15) is 13.2 Å². The first-order valence-corrected chi connectivity index (χ1v) is 5.43. The fourth-order valence-electron chi connectivity index (χ4n) is 2.00. The average molecular weight is 231 g/mol. The zero-order valence-electron chi connectivity index (χ0n) is 9.51. The Hall–Kier alpha value is -2.17. The molecule has 17 heavy (non-hydrogen) atoms. The summed E-state index contributed by atoms with van der Waals surface area (Å²) < 4.78 is 12.8. The molecule has 1 aliphatic rings. The Bertz CT molecular complexity index is 543. The Labute approximate surface area is 98.8 Å². The van der Waals surface area contributed by atoms with Gasteiger partial charge < -0.3 is 15.2 Å². The normalized spacial score (nSPS) is 13.7. The van der Waals surface area contributed by atoms with E-state index in [0.29, 0.717) is 18.9 Å². The fourth-order valence-corrected chi connectivity index (χ4v) is 2.00. The molecule has 0 saturated carbocycles. The van der Waals surface area contributed by atoms with Crippen molar-refractivity contribution in [1.29, 1.82) is 0 Å². The number of nitrogens with zero attached hydrogens (tertiary/aromatic N) is 2. The lowest BCUT2D eigenvalue weighted by Crippen LogP contribution is -2.15. The molecular formula is C12H13N3O2. The Kier molecular flexibility index (Phi) is 2.18. The molecule has 0 radical (unpaired) electrons. The number of ether oxygens (including phenoxy) is 2. The molecule has 0 saturated heterocycles. The van der Waals surface area contributed by atoms with Gasteiger partial charge in [-0.1, -0.05) is 0 Å². The lowest BCUT2D eigenvalue weighted by molar-refractivity contribution is 0.171. The molecule has 2 aromatic rings. The van der Waals surface area contributed by atoms with E-state index in [-0.39, 0.29) is 0 Å². The van der Waals surface area contributed by atoms with E-state index in [4.69, 9.17) is 15.2 Å². The number of anilines is 1. The Balaban J connectivity index is 2.10. The van der Waals surface area contributed by atoms with Crippen LogP contribution in [0.4, 0.5) is 5.69 Å². The number of hydrogen-bond donors (Lipinski definition) is 1. The minimum atomic E-state index is 0.581. The van der Waals surface area contributed by atoms with Crippen molar-refractivity contribution in [2.45, 2.75) is 0 Å². The molecule has 3 rings (SSSR count). The van der Waals surface area contributed by atoms with E-state index in [1.807, 2.05) is 25.2 Å². The number of benzene rings is 1. The van der Waals surface area contributed by atoms with Crippen molar-refractivity contribution in [3.8, 4) is 22.8 Å². The summed E-state index contributed by atoms with van der Waals surface area (Å²) in [6, 6.07) is 5.79. The highest BCUT2D eigenvalue weighted by molar-refractivity contribution is 5.74. The maximum Gasteiger partial charge on any atom is 0.162 e. The van der Waals surface area contributed by atoms with Crippen LogP contribution in [0.3, 0.4) is 0 Å². The summed E-state index contributed by atoms with van der Waals surface area (Å²) in [5.41, 5.74) is 8.42. The first-order valence-electron chi connectivity index (χ1n) is 5.43. The summed E-state index contributed by atoms with van der Waals surface area (Å²) in [5, 5.41) is 4.12. The second-order valence-electron chi connectivity index (χ2n) is 3.93. The predicted octanol–water partition coefficient (Wildman–Crippen LogP) is 1.44. The van der Waals surface area contributed by atoms with Gasteiger partial charge in [-0.3, -0.25) is 4.68 Å². The molecule has 2 heterocycles. The zero-order chi connectivity index (χ0) is 11.8. The largest absolute Gasteiger partial charge is 0.486 e. The Morgan fingerprint density at radius 2 is 2.00 bits per heavy atom. The van der Waals surface area contributed by atoms with Gasteiger partial charge in [-0.25, -0.2) is 0 Å². The zero-order valence-corrected chi connectivity index (χ0v) is 9.51. The highest BCUT2D eigenvalue weighted by Crippen LogP contribution is 2.35. The van der Waals surface area contributed by atoms with Crippen molar-refractivity contribution in [2.75, 3.05) is 18.9 Å². The molecular weight excluding hydrogens is 218 g/mol. The number of aromatic nitrogens is 2. The van der Waals surface area contributed by atoms with Gasteiger partial charge in [-0.05, 0) is 18.2 Å². The average Bonchev–Trinajstić information content (AvgIpc) is 2.68. The maximum atomic E-state index is 5.89. The highest BCUT2D eigenvalue weighted by Gasteiger charge is 2.15. The van der Waals surface area contributed by atoms with Crippen molar-refractivity contribution >= 4 is 5.69 Å². The lowest BCUT2D eigenvalue weighted by Gasteiger charge is -2.19. The third kappa shape index (κ3) is 1.60. The van der Waals surface area contributed by atoms with Crippen molar-refractivity contribution < 1.29 is 9.47 Å². The Morgan fingerprint density at radius 1 is 1.24 bits per heavy atom. The third-order valence-corrected chi connectivity index (χ3v) is 2.78. The van der Waals surface area contributed by atoms with E-state index >= 15 is 0 Å². The van der Waals surface area contributed by atoms with Crippen molar-refractivity contribution in [1.82, 2.24) is 9.78 Å². The number of hydrogen-bond acceptors (Lipinski definition) is 4. The van der Waals surface area contributed by atoms with Gasteiger partial charge >= 0.3 is 0 Å². The van der Waals surface area contributed by atoms with Crippen LogP contribution < -0.4 is 15.2 Å². The molecule has 0 bridgehead atoms. The van der Waals surface area contributed by atoms with Crippen LogP contribution in [0, 0.1) is 0 Å². The van der Waals surface area contributed by atoms with Crippen LogP contribution in [0.1, 0.15) is 0 Å². The van der Waals surface area contributed by atoms with Crippen LogP contribution in [-0.4, -0.2) is 23.0 Å². The van der Waals surface area contributed by atoms with E-state index in [1.54, 1.807) is 10.9 Å². The SMILES string of the molecule is Cn1ncc(N)c1-c1ccc2c(c1)OCCO2. The molecule has 1 aromatic heterocycles. The maximum absolute atomic E-state index is 5.89. The van der Waals surface area contributed by atoms with Gasteiger partial charge in [0.15, 0.2) is 11.5 Å². The number of rotatable bonds is 1. The number of nitrogen functional groups attached to an aromatic ring is 1. The summed E-state index contributed by atoms with van der Waals surface area (Å²) >= 11 is 0. The standard InChI is InChI=1S/C12H13N3O2/c1-15-12(9(13)7-14-15)8-2-3-10-11(6-8)17-5-4-16-10/h2-3,6-7H,4-5,13H2,1H3. The second-order valence-corrected chi connectivity index (χ2v) is 3.93. The summed E-state index contributed by atoms with van der Waals surface area (Å²) in [4.78, 5) is 0. The van der Waals surface area contributed by atoms with E-state index in [2.05, 4.69) is 5.10 Å². The molecule has 1 aromatic carbocycles. The van der Waals surface area contributed by atoms with Crippen molar-refractivity contribution in [3.63, 3.8) is 0 Å². The van der Waals surface area contributed by atoms with E-state index in [0.717, 1.165) is 22.8 Å². The molecule has 2 N–H and O–H groups in total. The second kappa shape index (κ2) is 3.69. The predicted molar refractivity (Wildman–Crippen MR) is 64.0 cm³/mol. The van der Waals surface area contributed by atoms with Gasteiger partial charge in [-0.15, -0.1) is 0 Å². The van der Waals surface area contributed by atoms with Crippen molar-refractivity contribution in [3.05, 3.63) is 24.4 Å². The summed E-state index contributed by atoms with van der Waals surface area (Å²) in [6.45, 7) is 1.18. The van der Waals surface area contributed by atoms with Crippen LogP contribution >= 0.6 is 0 Å². The van der Waals surface area contributed by atoms with Gasteiger partial charge in [-0.2, -0.15) is 5.10 Å². The quantitative estimate of drug-likeness (QED) is 0.806. The van der Waals surface area contributed by atoms with Crippen molar-refractivity contribution in [2.24, 2.45) is 7.05 Å². The van der Waals surface area contributed by atoms with E-state index in [9.17, 15) is 0 Å². The van der Waals surface area contributed by atoms with E-state index < -0.39 is 0 Å². The van der Waals surface area contributed by atoms with Gasteiger partial charge in [0.25, 0.3) is 0 Å². The lowest BCUT2D eigenvalue weighted by atomic mass is 10.1. The van der Waals surface area contributed by atoms with Crippen LogP contribution in [-0.2, 0) is 7.05 Å². The molecule has 0 aliphatic carbocycles. The van der Waals surface area contributed by atoms with Gasteiger partial charge in [0.2, 0.25) is 0 Å². The minimum absolute atomic E-state index is 0.581. The first-order chi connectivity index (χ1) is 8.25. The van der Waals surface area contributed by atoms with Crippen LogP contribution in [0.5, 0.6) is 11.5 Å². The third-order valence-electron chi connectivity index (χ3n) is 2.78. The monoisotopic (exact) mass is 231 g/mol. The molecule has 0 spiro atoms. The molecule has 0 unspecified atom stereocenters. The number of fused-ring (bicyclic) bond motifs is 1. The molecule has 1 aliphatic heterocycles. The summed E-state index contributed by atoms with van der Waals surface area (Å²) in [7, 11) is 1.86. The molecule has 0 atom stereocenters. The summed E-state index contributed by atoms with van der Waals surface area (Å²) in [6.07, 6.45) is 1.64. The summed E-state index contributed by atoms with van der Waals surface area (Å²) in [5.74, 6) is 1.54. The molecule has 88 valence electrons. The van der Waals surface area contributed by atoms with Gasteiger partial charge in [0.05, 0.1) is 17.6 Å².